The number of para-hydroxylation sites is 3. The predicted molar refractivity (Wildman–Crippen MR) is 108 cm³/mol. The molecule has 1 aromatic heterocycles. The zero-order chi connectivity index (χ0) is 20.6. The average Bonchev–Trinajstić information content (AvgIpc) is 3.11. The number of carbonyl (C=O) groups is 2. The van der Waals surface area contributed by atoms with Crippen LogP contribution in [0.15, 0.2) is 52.9 Å². The van der Waals surface area contributed by atoms with Gasteiger partial charge in [-0.2, -0.15) is 0 Å². The third kappa shape index (κ3) is 4.94. The molecule has 0 bridgehead atoms. The Balaban J connectivity index is 1.68. The Morgan fingerprint density at radius 3 is 2.55 bits per heavy atom. The van der Waals surface area contributed by atoms with Crippen LogP contribution in [0.3, 0.4) is 0 Å². The summed E-state index contributed by atoms with van der Waals surface area (Å²) in [6.07, 6.45) is 0. The van der Waals surface area contributed by atoms with Gasteiger partial charge in [0, 0.05) is 17.6 Å². The molecule has 1 amide bonds. The van der Waals surface area contributed by atoms with Crippen molar-refractivity contribution in [2.24, 2.45) is 0 Å². The Morgan fingerprint density at radius 1 is 1.00 bits per heavy atom. The van der Waals surface area contributed by atoms with Gasteiger partial charge in [-0.3, -0.25) is 4.79 Å². The first kappa shape index (κ1) is 20.4. The van der Waals surface area contributed by atoms with Crippen LogP contribution in [0.25, 0.3) is 11.0 Å². The summed E-state index contributed by atoms with van der Waals surface area (Å²) in [5.41, 5.74) is 1.68. The summed E-state index contributed by atoms with van der Waals surface area (Å²) in [6.45, 7) is 4.45. The first-order valence-electron chi connectivity index (χ1n) is 9.41. The number of fused-ring (bicyclic) bond motifs is 1. The molecular weight excluding hydrogens is 374 g/mol. The van der Waals surface area contributed by atoms with Gasteiger partial charge in [0.25, 0.3) is 5.91 Å². The Morgan fingerprint density at radius 2 is 1.76 bits per heavy atom. The van der Waals surface area contributed by atoms with Crippen LogP contribution in [0.2, 0.25) is 0 Å². The van der Waals surface area contributed by atoms with Crippen molar-refractivity contribution < 1.29 is 28.2 Å². The summed E-state index contributed by atoms with van der Waals surface area (Å²) >= 11 is 0. The van der Waals surface area contributed by atoms with Crippen molar-refractivity contribution in [2.75, 3.05) is 25.1 Å². The zero-order valence-corrected chi connectivity index (χ0v) is 16.4. The van der Waals surface area contributed by atoms with Crippen LogP contribution in [0, 0.1) is 0 Å². The standard InChI is InChI=1S/C22H23NO6/c1-3-26-13-16-15-9-5-7-11-18(15)29-21(16)22(25)28-14-20(24)23-17-10-6-8-12-19(17)27-4-2/h5-12H,3-4,13-14H2,1-2H3,(H,23,24). The quantitative estimate of drug-likeness (QED) is 0.546. The van der Waals surface area contributed by atoms with Crippen LogP contribution in [0.4, 0.5) is 5.69 Å². The fraction of sp³-hybridized carbons (Fsp3) is 0.273. The number of carbonyl (C=O) groups excluding carboxylic acids is 2. The number of benzene rings is 2. The lowest BCUT2D eigenvalue weighted by atomic mass is 10.1. The third-order valence-corrected chi connectivity index (χ3v) is 4.13. The molecule has 0 fully saturated rings. The molecule has 1 heterocycles. The predicted octanol–water partition coefficient (Wildman–Crippen LogP) is 4.16. The van der Waals surface area contributed by atoms with Crippen molar-refractivity contribution in [2.45, 2.75) is 20.5 Å². The van der Waals surface area contributed by atoms with Crippen molar-refractivity contribution in [3.8, 4) is 5.75 Å². The maximum absolute atomic E-state index is 12.5. The molecule has 3 rings (SSSR count). The van der Waals surface area contributed by atoms with Gasteiger partial charge in [-0.05, 0) is 32.0 Å². The van der Waals surface area contributed by atoms with E-state index in [0.717, 1.165) is 5.39 Å². The number of hydrogen-bond acceptors (Lipinski definition) is 6. The first-order valence-corrected chi connectivity index (χ1v) is 9.41. The van der Waals surface area contributed by atoms with E-state index in [1.165, 1.54) is 0 Å². The Labute approximate surface area is 168 Å². The molecule has 0 saturated carbocycles. The van der Waals surface area contributed by atoms with E-state index in [9.17, 15) is 9.59 Å². The molecule has 3 aromatic rings. The molecule has 0 unspecified atom stereocenters. The van der Waals surface area contributed by atoms with Crippen molar-refractivity contribution >= 4 is 28.5 Å². The van der Waals surface area contributed by atoms with Crippen molar-refractivity contribution in [3.05, 3.63) is 59.9 Å². The van der Waals surface area contributed by atoms with Crippen molar-refractivity contribution in [1.82, 2.24) is 0 Å². The van der Waals surface area contributed by atoms with Gasteiger partial charge in [0.2, 0.25) is 5.76 Å². The number of furan rings is 1. The molecule has 0 aliphatic heterocycles. The van der Waals surface area contributed by atoms with Gasteiger partial charge in [-0.15, -0.1) is 0 Å². The molecule has 0 aliphatic carbocycles. The van der Waals surface area contributed by atoms with E-state index >= 15 is 0 Å². The summed E-state index contributed by atoms with van der Waals surface area (Å²) in [4.78, 5) is 24.8. The lowest BCUT2D eigenvalue weighted by molar-refractivity contribution is -0.119. The van der Waals surface area contributed by atoms with E-state index in [0.29, 0.717) is 35.8 Å². The summed E-state index contributed by atoms with van der Waals surface area (Å²) < 4.78 is 21.7. The molecule has 152 valence electrons. The minimum atomic E-state index is -0.718. The molecule has 0 radical (unpaired) electrons. The van der Waals surface area contributed by atoms with Crippen LogP contribution < -0.4 is 10.1 Å². The first-order chi connectivity index (χ1) is 14.1. The highest BCUT2D eigenvalue weighted by molar-refractivity contribution is 5.98. The normalized spacial score (nSPS) is 10.7. The molecule has 29 heavy (non-hydrogen) atoms. The van der Waals surface area contributed by atoms with Gasteiger partial charge in [-0.1, -0.05) is 30.3 Å². The number of hydrogen-bond donors (Lipinski definition) is 1. The van der Waals surface area contributed by atoms with Crippen LogP contribution in [-0.2, 0) is 20.9 Å². The number of esters is 1. The smallest absolute Gasteiger partial charge is 0.375 e. The lowest BCUT2D eigenvalue weighted by Gasteiger charge is -2.11. The van der Waals surface area contributed by atoms with Crippen molar-refractivity contribution in [3.63, 3.8) is 0 Å². The highest BCUT2D eigenvalue weighted by atomic mass is 16.5. The number of ether oxygens (including phenoxy) is 3. The molecule has 1 N–H and O–H groups in total. The van der Waals surface area contributed by atoms with Gasteiger partial charge in [0.1, 0.15) is 11.3 Å². The van der Waals surface area contributed by atoms with E-state index in [1.807, 2.05) is 38.1 Å². The van der Waals surface area contributed by atoms with Crippen LogP contribution in [0.1, 0.15) is 30.0 Å². The van der Waals surface area contributed by atoms with Gasteiger partial charge in [0.15, 0.2) is 6.61 Å². The fourth-order valence-electron chi connectivity index (χ4n) is 2.85. The molecule has 7 nitrogen and oxygen atoms in total. The lowest BCUT2D eigenvalue weighted by Crippen LogP contribution is -2.21. The van der Waals surface area contributed by atoms with Gasteiger partial charge in [-0.25, -0.2) is 4.79 Å². The van der Waals surface area contributed by atoms with Crippen LogP contribution in [0.5, 0.6) is 5.75 Å². The summed E-state index contributed by atoms with van der Waals surface area (Å²) in [6, 6.07) is 14.3. The monoisotopic (exact) mass is 397 g/mol. The number of nitrogens with one attached hydrogen (secondary N) is 1. The second-order valence-corrected chi connectivity index (χ2v) is 6.10. The molecule has 0 atom stereocenters. The van der Waals surface area contributed by atoms with E-state index in [4.69, 9.17) is 18.6 Å². The molecular formula is C22H23NO6. The van der Waals surface area contributed by atoms with Crippen molar-refractivity contribution in [1.29, 1.82) is 0 Å². The maximum Gasteiger partial charge on any atom is 0.375 e. The second kappa shape index (κ2) is 9.75. The minimum Gasteiger partial charge on any atom is -0.492 e. The largest absolute Gasteiger partial charge is 0.492 e. The SMILES string of the molecule is CCOCc1c(C(=O)OCC(=O)Nc2ccccc2OCC)oc2ccccc12. The minimum absolute atomic E-state index is 0.0437. The number of amides is 1. The fourth-order valence-corrected chi connectivity index (χ4v) is 2.85. The van der Waals surface area contributed by atoms with E-state index < -0.39 is 18.5 Å². The Hall–Kier alpha value is -3.32. The van der Waals surface area contributed by atoms with E-state index in [1.54, 1.807) is 24.3 Å². The topological polar surface area (TPSA) is 87.0 Å². The second-order valence-electron chi connectivity index (χ2n) is 6.10. The number of rotatable bonds is 9. The molecule has 0 saturated heterocycles. The third-order valence-electron chi connectivity index (χ3n) is 4.13. The van der Waals surface area contributed by atoms with Crippen LogP contribution >= 0.6 is 0 Å². The van der Waals surface area contributed by atoms with Gasteiger partial charge >= 0.3 is 5.97 Å². The van der Waals surface area contributed by atoms with E-state index in [2.05, 4.69) is 5.32 Å². The maximum atomic E-state index is 12.5. The molecule has 0 spiro atoms. The van der Waals surface area contributed by atoms with Gasteiger partial charge in [0.05, 0.1) is 18.9 Å². The average molecular weight is 397 g/mol. The summed E-state index contributed by atoms with van der Waals surface area (Å²) in [5.74, 6) is -0.606. The molecule has 0 aliphatic rings. The van der Waals surface area contributed by atoms with Crippen LogP contribution in [-0.4, -0.2) is 31.7 Å². The van der Waals surface area contributed by atoms with Gasteiger partial charge < -0.3 is 23.9 Å². The summed E-state index contributed by atoms with van der Waals surface area (Å²) in [7, 11) is 0. The Kier molecular flexibility index (Phi) is 6.86. The van der Waals surface area contributed by atoms with E-state index in [-0.39, 0.29) is 12.4 Å². The number of anilines is 1. The zero-order valence-electron chi connectivity index (χ0n) is 16.4. The highest BCUT2D eigenvalue weighted by Crippen LogP contribution is 2.27. The highest BCUT2D eigenvalue weighted by Gasteiger charge is 2.22. The summed E-state index contributed by atoms with van der Waals surface area (Å²) in [5, 5.41) is 3.46. The Bertz CT molecular complexity index is 994. The molecule has 2 aromatic carbocycles. The molecule has 7 heteroatoms.